The molecule has 4 rings (SSSR count). The van der Waals surface area contributed by atoms with Crippen molar-refractivity contribution in [3.05, 3.63) is 46.5 Å². The molecule has 0 bridgehead atoms. The third-order valence-electron chi connectivity index (χ3n) is 5.94. The number of hydrogen-bond acceptors (Lipinski definition) is 3. The van der Waals surface area contributed by atoms with E-state index in [4.69, 9.17) is 4.74 Å². The molecule has 124 valence electrons. The number of rotatable bonds is 2. The first-order valence-electron chi connectivity index (χ1n) is 8.83. The van der Waals surface area contributed by atoms with Gasteiger partial charge in [-0.1, -0.05) is 19.1 Å². The zero-order valence-electron chi connectivity index (χ0n) is 14.3. The van der Waals surface area contributed by atoms with Crippen LogP contribution in [0.25, 0.3) is 5.57 Å². The summed E-state index contributed by atoms with van der Waals surface area (Å²) in [5.41, 5.74) is 6.43. The SMILES string of the molecule is CC[C@]12CCC3=C(CCc4cc(OC(C)=O)ccc43)C1=CCC2=O. The summed E-state index contributed by atoms with van der Waals surface area (Å²) in [6.45, 7) is 3.57. The summed E-state index contributed by atoms with van der Waals surface area (Å²) in [6.07, 6.45) is 7.50. The first-order chi connectivity index (χ1) is 11.5. The number of ether oxygens (including phenoxy) is 1. The highest BCUT2D eigenvalue weighted by Gasteiger charge is 2.47. The van der Waals surface area contributed by atoms with Crippen LogP contribution in [0.1, 0.15) is 57.1 Å². The maximum Gasteiger partial charge on any atom is 0.308 e. The van der Waals surface area contributed by atoms with Gasteiger partial charge in [-0.2, -0.15) is 0 Å². The Morgan fingerprint density at radius 2 is 2.04 bits per heavy atom. The normalized spacial score (nSPS) is 24.9. The van der Waals surface area contributed by atoms with Crippen molar-refractivity contribution < 1.29 is 14.3 Å². The molecule has 0 aliphatic heterocycles. The monoisotopic (exact) mass is 322 g/mol. The zero-order chi connectivity index (χ0) is 16.9. The van der Waals surface area contributed by atoms with Gasteiger partial charge in [0.2, 0.25) is 0 Å². The van der Waals surface area contributed by atoms with Crippen molar-refractivity contribution in [1.82, 2.24) is 0 Å². The highest BCUT2D eigenvalue weighted by molar-refractivity contribution is 5.97. The number of fused-ring (bicyclic) bond motifs is 4. The Hall–Kier alpha value is -2.16. The number of Topliss-reactive ketones (excluding diaryl/α,β-unsaturated/α-hetero) is 1. The summed E-state index contributed by atoms with van der Waals surface area (Å²) in [7, 11) is 0. The van der Waals surface area contributed by atoms with Gasteiger partial charge in [-0.05, 0) is 72.1 Å². The van der Waals surface area contributed by atoms with Gasteiger partial charge in [0.1, 0.15) is 11.5 Å². The number of allylic oxidation sites excluding steroid dienone is 4. The summed E-state index contributed by atoms with van der Waals surface area (Å²) in [4.78, 5) is 23.7. The lowest BCUT2D eigenvalue weighted by atomic mass is 9.63. The second-order valence-electron chi connectivity index (χ2n) is 7.05. The molecule has 0 N–H and O–H groups in total. The molecule has 0 aromatic heterocycles. The lowest BCUT2D eigenvalue weighted by molar-refractivity contribution is -0.132. The predicted molar refractivity (Wildman–Crippen MR) is 92.7 cm³/mol. The Morgan fingerprint density at radius 1 is 1.21 bits per heavy atom. The van der Waals surface area contributed by atoms with Crippen LogP contribution < -0.4 is 4.74 Å². The van der Waals surface area contributed by atoms with Crippen molar-refractivity contribution in [2.45, 2.75) is 52.4 Å². The first-order valence-corrected chi connectivity index (χ1v) is 8.83. The van der Waals surface area contributed by atoms with Gasteiger partial charge < -0.3 is 4.74 Å². The number of benzene rings is 1. The van der Waals surface area contributed by atoms with Gasteiger partial charge >= 0.3 is 5.97 Å². The average Bonchev–Trinajstić information content (AvgIpc) is 2.91. The van der Waals surface area contributed by atoms with Crippen LogP contribution >= 0.6 is 0 Å². The van der Waals surface area contributed by atoms with Gasteiger partial charge in [-0.25, -0.2) is 0 Å². The molecule has 1 atom stereocenters. The van der Waals surface area contributed by atoms with Crippen LogP contribution in [-0.4, -0.2) is 11.8 Å². The molecular weight excluding hydrogens is 300 g/mol. The molecule has 0 radical (unpaired) electrons. The van der Waals surface area contributed by atoms with E-state index in [1.807, 2.05) is 12.1 Å². The summed E-state index contributed by atoms with van der Waals surface area (Å²) in [6, 6.07) is 5.96. The van der Waals surface area contributed by atoms with Gasteiger partial charge in [0.05, 0.1) is 5.41 Å². The van der Waals surface area contributed by atoms with Gasteiger partial charge in [0.15, 0.2) is 0 Å². The molecule has 0 saturated heterocycles. The Morgan fingerprint density at radius 3 is 2.79 bits per heavy atom. The van der Waals surface area contributed by atoms with Gasteiger partial charge in [-0.15, -0.1) is 0 Å². The van der Waals surface area contributed by atoms with E-state index in [9.17, 15) is 9.59 Å². The topological polar surface area (TPSA) is 43.4 Å². The molecule has 3 aliphatic rings. The van der Waals surface area contributed by atoms with E-state index >= 15 is 0 Å². The summed E-state index contributed by atoms with van der Waals surface area (Å²) in [5.74, 6) is 0.743. The van der Waals surface area contributed by atoms with Crippen LogP contribution in [-0.2, 0) is 16.0 Å². The fourth-order valence-corrected chi connectivity index (χ4v) is 4.78. The average molecular weight is 322 g/mol. The molecule has 0 amide bonds. The van der Waals surface area contributed by atoms with Crippen LogP contribution in [0.4, 0.5) is 0 Å². The van der Waals surface area contributed by atoms with Crippen molar-refractivity contribution in [2.75, 3.05) is 0 Å². The van der Waals surface area contributed by atoms with E-state index < -0.39 is 0 Å². The quantitative estimate of drug-likeness (QED) is 0.599. The second kappa shape index (κ2) is 5.44. The molecule has 1 aromatic rings. The number of hydrogen-bond donors (Lipinski definition) is 0. The minimum absolute atomic E-state index is 0.214. The Kier molecular flexibility index (Phi) is 3.48. The van der Waals surface area contributed by atoms with Gasteiger partial charge in [0.25, 0.3) is 0 Å². The molecule has 0 fully saturated rings. The van der Waals surface area contributed by atoms with Crippen molar-refractivity contribution >= 4 is 17.3 Å². The summed E-state index contributed by atoms with van der Waals surface area (Å²) in [5, 5.41) is 0. The van der Waals surface area contributed by atoms with E-state index in [0.29, 0.717) is 18.0 Å². The third kappa shape index (κ3) is 2.10. The molecule has 3 aliphatic carbocycles. The maximum absolute atomic E-state index is 12.5. The van der Waals surface area contributed by atoms with Crippen LogP contribution in [0, 0.1) is 5.41 Å². The van der Waals surface area contributed by atoms with E-state index in [0.717, 1.165) is 32.1 Å². The van der Waals surface area contributed by atoms with Crippen LogP contribution in [0.3, 0.4) is 0 Å². The first kappa shape index (κ1) is 15.4. The van der Waals surface area contributed by atoms with E-state index in [2.05, 4.69) is 19.1 Å². The molecule has 0 unspecified atom stereocenters. The number of esters is 1. The zero-order valence-corrected chi connectivity index (χ0v) is 14.3. The fraction of sp³-hybridized carbons (Fsp3) is 0.429. The highest BCUT2D eigenvalue weighted by Crippen LogP contribution is 2.55. The molecule has 0 spiro atoms. The van der Waals surface area contributed by atoms with Crippen LogP contribution in [0.5, 0.6) is 5.75 Å². The smallest absolute Gasteiger partial charge is 0.308 e. The largest absolute Gasteiger partial charge is 0.427 e. The molecular formula is C21H22O3. The number of aryl methyl sites for hydroxylation is 1. The minimum Gasteiger partial charge on any atom is -0.427 e. The molecule has 1 aromatic carbocycles. The molecule has 0 heterocycles. The van der Waals surface area contributed by atoms with E-state index in [1.165, 1.54) is 34.8 Å². The Bertz CT molecular complexity index is 812. The molecule has 3 nitrogen and oxygen atoms in total. The minimum atomic E-state index is -0.286. The second-order valence-corrected chi connectivity index (χ2v) is 7.05. The van der Waals surface area contributed by atoms with Crippen molar-refractivity contribution in [3.63, 3.8) is 0 Å². The molecule has 3 heteroatoms. The summed E-state index contributed by atoms with van der Waals surface area (Å²) < 4.78 is 5.22. The lowest BCUT2D eigenvalue weighted by Gasteiger charge is -2.39. The summed E-state index contributed by atoms with van der Waals surface area (Å²) >= 11 is 0. The van der Waals surface area contributed by atoms with Crippen molar-refractivity contribution in [2.24, 2.45) is 5.41 Å². The fourth-order valence-electron chi connectivity index (χ4n) is 4.78. The van der Waals surface area contributed by atoms with Crippen LogP contribution in [0.2, 0.25) is 0 Å². The Labute approximate surface area is 142 Å². The Balaban J connectivity index is 1.77. The van der Waals surface area contributed by atoms with E-state index in [1.54, 1.807) is 0 Å². The molecule has 0 saturated carbocycles. The van der Waals surface area contributed by atoms with Gasteiger partial charge in [-0.3, -0.25) is 9.59 Å². The van der Waals surface area contributed by atoms with Crippen molar-refractivity contribution in [3.8, 4) is 5.75 Å². The lowest BCUT2D eigenvalue weighted by Crippen LogP contribution is -2.33. The van der Waals surface area contributed by atoms with E-state index in [-0.39, 0.29) is 11.4 Å². The standard InChI is InChI=1S/C21H22O3/c1-3-21-11-10-17-16-7-5-15(24-13(2)22)12-14(16)4-6-18(17)19(21)8-9-20(21)23/h5,7-8,12H,3-4,6,9-11H2,1-2H3/t21-/m0/s1. The number of carbonyl (C=O) groups excluding carboxylic acids is 2. The predicted octanol–water partition coefficient (Wildman–Crippen LogP) is 4.40. The maximum atomic E-state index is 12.5. The highest BCUT2D eigenvalue weighted by atomic mass is 16.5. The molecule has 24 heavy (non-hydrogen) atoms. The third-order valence-corrected chi connectivity index (χ3v) is 5.94. The number of ketones is 1. The van der Waals surface area contributed by atoms with Crippen molar-refractivity contribution in [1.29, 1.82) is 0 Å². The number of carbonyl (C=O) groups is 2. The van der Waals surface area contributed by atoms with Gasteiger partial charge in [0, 0.05) is 13.3 Å². The van der Waals surface area contributed by atoms with Crippen LogP contribution in [0.15, 0.2) is 35.4 Å².